The van der Waals surface area contributed by atoms with E-state index < -0.39 is 24.0 Å². The van der Waals surface area contributed by atoms with Crippen LogP contribution in [0.2, 0.25) is 0 Å². The quantitative estimate of drug-likeness (QED) is 0.188. The molecule has 6 aromatic rings. The first-order valence-corrected chi connectivity index (χ1v) is 14.9. The summed E-state index contributed by atoms with van der Waals surface area (Å²) in [7, 11) is 0. The van der Waals surface area contributed by atoms with Gasteiger partial charge in [0.05, 0.1) is 11.6 Å². The number of aromatic hydroxyl groups is 1. The lowest BCUT2D eigenvalue weighted by atomic mass is 10.1. The molecule has 11 nitrogen and oxygen atoms in total. The molecule has 1 amide bonds. The lowest BCUT2D eigenvalue weighted by molar-refractivity contribution is -0.0513. The second-order valence-corrected chi connectivity index (χ2v) is 10.3. The molecule has 1 unspecified atom stereocenters. The molecular formula is C34H29F2N7O4. The van der Waals surface area contributed by atoms with Gasteiger partial charge in [-0.1, -0.05) is 19.9 Å². The van der Waals surface area contributed by atoms with Crippen LogP contribution >= 0.6 is 0 Å². The van der Waals surface area contributed by atoms with Gasteiger partial charge >= 0.3 is 6.61 Å². The van der Waals surface area contributed by atoms with Gasteiger partial charge in [0.25, 0.3) is 5.91 Å². The van der Waals surface area contributed by atoms with Crippen LogP contribution in [0.25, 0.3) is 34.1 Å². The van der Waals surface area contributed by atoms with Gasteiger partial charge in [0.1, 0.15) is 11.3 Å². The van der Waals surface area contributed by atoms with E-state index in [0.717, 1.165) is 34.5 Å². The van der Waals surface area contributed by atoms with E-state index in [1.54, 1.807) is 23.3 Å². The van der Waals surface area contributed by atoms with Gasteiger partial charge in [-0.25, -0.2) is 14.6 Å². The van der Waals surface area contributed by atoms with Crippen LogP contribution in [-0.2, 0) is 6.42 Å². The number of pyridine rings is 2. The molecule has 1 aliphatic rings. The van der Waals surface area contributed by atoms with E-state index >= 15 is 0 Å². The molecule has 0 radical (unpaired) electrons. The molecule has 0 spiro atoms. The van der Waals surface area contributed by atoms with Crippen LogP contribution in [0.4, 0.5) is 8.78 Å². The molecule has 2 N–H and O–H groups in total. The molecule has 4 aromatic heterocycles. The van der Waals surface area contributed by atoms with E-state index in [9.17, 15) is 23.5 Å². The van der Waals surface area contributed by atoms with E-state index in [4.69, 9.17) is 9.97 Å². The highest BCUT2D eigenvalue weighted by atomic mass is 19.3. The maximum atomic E-state index is 13.2. The van der Waals surface area contributed by atoms with Crippen molar-refractivity contribution < 1.29 is 28.2 Å². The van der Waals surface area contributed by atoms with Crippen molar-refractivity contribution in [3.63, 3.8) is 0 Å². The maximum Gasteiger partial charge on any atom is 0.387 e. The van der Waals surface area contributed by atoms with Crippen molar-refractivity contribution in [1.29, 1.82) is 0 Å². The van der Waals surface area contributed by atoms with Crippen molar-refractivity contribution >= 4 is 23.4 Å². The zero-order chi connectivity index (χ0) is 33.1. The van der Waals surface area contributed by atoms with Gasteiger partial charge in [0.15, 0.2) is 29.3 Å². The number of rotatable bonds is 8. The van der Waals surface area contributed by atoms with E-state index in [2.05, 4.69) is 20.1 Å². The van der Waals surface area contributed by atoms with Gasteiger partial charge in [-0.2, -0.15) is 13.9 Å². The number of hydrogen-bond acceptors (Lipinski definition) is 8. The van der Waals surface area contributed by atoms with Crippen molar-refractivity contribution in [3.05, 3.63) is 108 Å². The molecule has 2 aromatic carbocycles. The van der Waals surface area contributed by atoms with E-state index in [1.807, 2.05) is 73.1 Å². The fourth-order valence-electron chi connectivity index (χ4n) is 5.58. The number of ether oxygens (including phenoxy) is 1. The average Bonchev–Trinajstić information content (AvgIpc) is 3.86. The van der Waals surface area contributed by atoms with Crippen LogP contribution in [0.1, 0.15) is 58.2 Å². The SMILES string of the molecule is CC.O=Cc1cc(C(=O)NC2CCc3cc(-n4c(-c5cccnc5)nc5ccc(-n6cccn6)nc54)ccc32)cc(OC(F)F)c1O. The Morgan fingerprint density at radius 2 is 1.94 bits per heavy atom. The van der Waals surface area contributed by atoms with Crippen molar-refractivity contribution in [2.45, 2.75) is 39.3 Å². The number of phenols is 1. The smallest absolute Gasteiger partial charge is 0.387 e. The summed E-state index contributed by atoms with van der Waals surface area (Å²) in [6, 6.07) is 16.9. The first-order chi connectivity index (χ1) is 22.9. The van der Waals surface area contributed by atoms with Crippen LogP contribution in [-0.4, -0.2) is 53.2 Å². The summed E-state index contributed by atoms with van der Waals surface area (Å²) in [6.07, 6.45) is 8.43. The minimum absolute atomic E-state index is 0.0966. The van der Waals surface area contributed by atoms with Gasteiger partial charge in [0.2, 0.25) is 0 Å². The highest BCUT2D eigenvalue weighted by Crippen LogP contribution is 2.36. The van der Waals surface area contributed by atoms with Crippen LogP contribution in [0.3, 0.4) is 0 Å². The third-order valence-corrected chi connectivity index (χ3v) is 7.63. The summed E-state index contributed by atoms with van der Waals surface area (Å²) in [5, 5.41) is 17.3. The number of aldehydes is 1. The molecule has 0 saturated carbocycles. The maximum absolute atomic E-state index is 13.2. The Kier molecular flexibility index (Phi) is 8.69. The van der Waals surface area contributed by atoms with E-state index in [-0.39, 0.29) is 23.5 Å². The molecule has 0 fully saturated rings. The number of imidazole rings is 1. The normalized spacial score (nSPS) is 13.6. The first-order valence-electron chi connectivity index (χ1n) is 14.9. The third kappa shape index (κ3) is 6.02. The zero-order valence-corrected chi connectivity index (χ0v) is 25.3. The average molecular weight is 638 g/mol. The number of amides is 1. The molecule has 4 heterocycles. The number of hydrogen-bond donors (Lipinski definition) is 2. The summed E-state index contributed by atoms with van der Waals surface area (Å²) in [5.41, 5.74) is 4.40. The second-order valence-electron chi connectivity index (χ2n) is 10.3. The number of alkyl halides is 2. The molecule has 13 heteroatoms. The Hall–Kier alpha value is -5.98. The standard InChI is InChI=1S/C32H23F2N7O4.C2H6/c33-32(34)45-26-15-20(13-21(17-42)28(26)43)31(44)38-24-7-4-18-14-22(5-6-23(18)24)41-29(19-3-1-10-35-16-19)37-25-8-9-27(39-30(25)41)40-12-2-11-36-40;1-2/h1-3,5-6,8-17,24,32,43H,4,7H2,(H,38,44);1-2H3. The Bertz CT molecular complexity index is 2060. The number of benzene rings is 2. The fraction of sp³-hybridized carbons (Fsp3) is 0.176. The monoisotopic (exact) mass is 637 g/mol. The van der Waals surface area contributed by atoms with Gasteiger partial charge in [-0.3, -0.25) is 19.1 Å². The number of nitrogens with zero attached hydrogens (tertiary/aromatic N) is 6. The van der Waals surface area contributed by atoms with E-state index in [1.165, 1.54) is 0 Å². The van der Waals surface area contributed by atoms with Crippen molar-refractivity contribution in [3.8, 4) is 34.4 Å². The third-order valence-electron chi connectivity index (χ3n) is 7.63. The number of aryl methyl sites for hydroxylation is 1. The lowest BCUT2D eigenvalue weighted by Crippen LogP contribution is -2.27. The number of halogens is 2. The van der Waals surface area contributed by atoms with Crippen molar-refractivity contribution in [2.24, 2.45) is 0 Å². The van der Waals surface area contributed by atoms with Crippen LogP contribution < -0.4 is 10.1 Å². The van der Waals surface area contributed by atoms with Crippen LogP contribution in [0.15, 0.2) is 85.5 Å². The number of fused-ring (bicyclic) bond motifs is 2. The largest absolute Gasteiger partial charge is 0.504 e. The van der Waals surface area contributed by atoms with Crippen LogP contribution in [0.5, 0.6) is 11.5 Å². The zero-order valence-electron chi connectivity index (χ0n) is 25.3. The summed E-state index contributed by atoms with van der Waals surface area (Å²) in [4.78, 5) is 38.6. The highest BCUT2D eigenvalue weighted by Gasteiger charge is 2.27. The minimum Gasteiger partial charge on any atom is -0.504 e. The molecule has 1 aliphatic carbocycles. The summed E-state index contributed by atoms with van der Waals surface area (Å²) < 4.78 is 33.6. The molecule has 238 valence electrons. The van der Waals surface area contributed by atoms with Crippen molar-refractivity contribution in [2.75, 3.05) is 0 Å². The molecule has 7 rings (SSSR count). The number of nitrogens with one attached hydrogen (secondary N) is 1. The predicted molar refractivity (Wildman–Crippen MR) is 169 cm³/mol. The number of carbonyl (C=O) groups excluding carboxylic acids is 2. The number of carbonyl (C=O) groups is 2. The van der Waals surface area contributed by atoms with Gasteiger partial charge in [-0.05, 0) is 78.6 Å². The lowest BCUT2D eigenvalue weighted by Gasteiger charge is -2.17. The molecule has 0 aliphatic heterocycles. The Labute approximate surface area is 267 Å². The Balaban J connectivity index is 0.00000190. The van der Waals surface area contributed by atoms with E-state index in [0.29, 0.717) is 35.6 Å². The molecule has 1 atom stereocenters. The molecule has 47 heavy (non-hydrogen) atoms. The minimum atomic E-state index is -3.25. The van der Waals surface area contributed by atoms with Crippen LogP contribution in [0, 0.1) is 0 Å². The highest BCUT2D eigenvalue weighted by molar-refractivity contribution is 5.97. The Morgan fingerprint density at radius 3 is 2.66 bits per heavy atom. The topological polar surface area (TPSA) is 137 Å². The predicted octanol–water partition coefficient (Wildman–Crippen LogP) is 6.23. The summed E-state index contributed by atoms with van der Waals surface area (Å²) in [6.45, 7) is 0.753. The van der Waals surface area contributed by atoms with Gasteiger partial charge < -0.3 is 15.2 Å². The van der Waals surface area contributed by atoms with Gasteiger partial charge in [0, 0.05) is 41.6 Å². The number of aromatic nitrogens is 6. The Morgan fingerprint density at radius 1 is 1.09 bits per heavy atom. The molecule has 0 saturated heterocycles. The molecular weight excluding hydrogens is 608 g/mol. The molecule has 0 bridgehead atoms. The summed E-state index contributed by atoms with van der Waals surface area (Å²) in [5.74, 6) is -0.730. The fourth-order valence-corrected chi connectivity index (χ4v) is 5.58. The van der Waals surface area contributed by atoms with Gasteiger partial charge in [-0.15, -0.1) is 0 Å². The van der Waals surface area contributed by atoms with Crippen molar-refractivity contribution in [1.82, 2.24) is 34.6 Å². The second kappa shape index (κ2) is 13.2. The first kappa shape index (κ1) is 31.0. The summed E-state index contributed by atoms with van der Waals surface area (Å²) >= 11 is 0. The number of phenolic OH excluding ortho intramolecular Hbond substituents is 1.